The number of amides is 1. The van der Waals surface area contributed by atoms with E-state index in [1.165, 1.54) is 31.5 Å². The van der Waals surface area contributed by atoms with Gasteiger partial charge >= 0.3 is 12.4 Å². The highest BCUT2D eigenvalue weighted by Crippen LogP contribution is 2.38. The van der Waals surface area contributed by atoms with Crippen LogP contribution in [0.1, 0.15) is 15.9 Å². The maximum atomic E-state index is 13.6. The first-order valence-electron chi connectivity index (χ1n) is 10.00. The molecular weight excluding hydrogens is 514 g/mol. The predicted molar refractivity (Wildman–Crippen MR) is 119 cm³/mol. The molecule has 13 heteroatoms. The van der Waals surface area contributed by atoms with Gasteiger partial charge in [0.15, 0.2) is 9.84 Å². The number of para-hydroxylation sites is 1. The molecule has 192 valence electrons. The van der Waals surface area contributed by atoms with Crippen LogP contribution < -0.4 is 9.64 Å². The van der Waals surface area contributed by atoms with E-state index in [9.17, 15) is 39.6 Å². The monoisotopic (exact) mass is 532 g/mol. The number of halogens is 6. The van der Waals surface area contributed by atoms with Gasteiger partial charge in [-0.05, 0) is 30.3 Å². The van der Waals surface area contributed by atoms with Crippen LogP contribution in [0, 0.1) is 0 Å². The lowest BCUT2D eigenvalue weighted by Gasteiger charge is -2.27. The smallest absolute Gasteiger partial charge is 0.416 e. The van der Waals surface area contributed by atoms with Crippen molar-refractivity contribution in [2.45, 2.75) is 17.2 Å². The number of anilines is 1. The predicted octanol–water partition coefficient (Wildman–Crippen LogP) is 5.39. The van der Waals surface area contributed by atoms with E-state index >= 15 is 0 Å². The van der Waals surface area contributed by atoms with Gasteiger partial charge in [0.05, 0.1) is 29.5 Å². The molecule has 0 bridgehead atoms. The molecule has 1 amide bonds. The quantitative estimate of drug-likeness (QED) is 0.398. The topological polar surface area (TPSA) is 76.6 Å². The van der Waals surface area contributed by atoms with Crippen LogP contribution in [0.4, 0.5) is 32.0 Å². The molecule has 0 aliphatic rings. The zero-order valence-electron chi connectivity index (χ0n) is 18.7. The maximum absolute atomic E-state index is 13.6. The van der Waals surface area contributed by atoms with Crippen molar-refractivity contribution in [3.63, 3.8) is 0 Å². The third-order valence-corrected chi connectivity index (χ3v) is 6.07. The molecule has 2 aromatic carbocycles. The highest BCUT2D eigenvalue weighted by atomic mass is 32.2. The number of rotatable bonds is 6. The molecule has 1 aromatic heterocycles. The highest BCUT2D eigenvalue weighted by Gasteiger charge is 2.38. The van der Waals surface area contributed by atoms with Crippen LogP contribution in [0.3, 0.4) is 0 Å². The number of benzene rings is 2. The summed E-state index contributed by atoms with van der Waals surface area (Å²) >= 11 is 0. The molecule has 6 nitrogen and oxygen atoms in total. The number of hydrogen-bond donors (Lipinski definition) is 0. The molecule has 0 atom stereocenters. The third-order valence-electron chi connectivity index (χ3n) is 4.98. The Morgan fingerprint density at radius 1 is 1.00 bits per heavy atom. The van der Waals surface area contributed by atoms with Gasteiger partial charge in [-0.2, -0.15) is 26.3 Å². The van der Waals surface area contributed by atoms with E-state index in [-0.39, 0.29) is 21.9 Å². The molecule has 0 radical (unpaired) electrons. The summed E-state index contributed by atoms with van der Waals surface area (Å²) in [6.07, 6.45) is -7.21. The molecular formula is C23H18F6N2O4S. The van der Waals surface area contributed by atoms with Gasteiger partial charge in [0, 0.05) is 29.1 Å². The minimum atomic E-state index is -5.07. The summed E-state index contributed by atoms with van der Waals surface area (Å²) in [6.45, 7) is -1.88. The summed E-state index contributed by atoms with van der Waals surface area (Å²) in [5, 5.41) is 0. The van der Waals surface area contributed by atoms with Crippen LogP contribution in [0.2, 0.25) is 0 Å². The van der Waals surface area contributed by atoms with Crippen molar-refractivity contribution in [3.05, 3.63) is 72.1 Å². The van der Waals surface area contributed by atoms with Crippen LogP contribution >= 0.6 is 0 Å². The van der Waals surface area contributed by atoms with Crippen molar-refractivity contribution < 1.29 is 44.3 Å². The number of hydrogen-bond acceptors (Lipinski definition) is 5. The maximum Gasteiger partial charge on any atom is 0.416 e. The molecule has 3 aromatic rings. The molecule has 1 heterocycles. The Bertz CT molecular complexity index is 1390. The standard InChI is InChI=1S/C23H18F6N2O4S/c1-35-20-6-4-3-5-18(20)17-7-8-30-12-19(17)31(13-22(24,25)26)21(32)14-9-15(23(27,28)29)11-16(10-14)36(2,33)34/h3-12H,13H2,1-2H3. The molecule has 0 aliphatic heterocycles. The average Bonchev–Trinajstić information content (AvgIpc) is 2.80. The normalized spacial score (nSPS) is 12.3. The molecule has 0 aliphatic carbocycles. The number of sulfone groups is 1. The third kappa shape index (κ3) is 6.14. The van der Waals surface area contributed by atoms with E-state index in [1.54, 1.807) is 12.1 Å². The lowest BCUT2D eigenvalue weighted by molar-refractivity contribution is -0.137. The molecule has 36 heavy (non-hydrogen) atoms. The minimum Gasteiger partial charge on any atom is -0.496 e. The number of pyridine rings is 1. The van der Waals surface area contributed by atoms with Crippen molar-refractivity contribution in [2.75, 3.05) is 24.8 Å². The van der Waals surface area contributed by atoms with Crippen molar-refractivity contribution >= 4 is 21.4 Å². The Morgan fingerprint density at radius 3 is 2.25 bits per heavy atom. The van der Waals surface area contributed by atoms with E-state index in [1.807, 2.05) is 0 Å². The number of aromatic nitrogens is 1. The van der Waals surface area contributed by atoms with Crippen LogP contribution in [-0.2, 0) is 16.0 Å². The summed E-state index contributed by atoms with van der Waals surface area (Å²) < 4.78 is 110. The summed E-state index contributed by atoms with van der Waals surface area (Å²) in [5.74, 6) is -1.25. The Kier molecular flexibility index (Phi) is 7.35. The zero-order chi connectivity index (χ0) is 26.9. The molecule has 0 N–H and O–H groups in total. The van der Waals surface area contributed by atoms with Gasteiger partial charge < -0.3 is 4.74 Å². The molecule has 0 saturated carbocycles. The van der Waals surface area contributed by atoms with Gasteiger partial charge in [-0.3, -0.25) is 14.7 Å². The highest BCUT2D eigenvalue weighted by molar-refractivity contribution is 7.90. The summed E-state index contributed by atoms with van der Waals surface area (Å²) in [6, 6.07) is 8.76. The molecule has 0 spiro atoms. The van der Waals surface area contributed by atoms with Gasteiger partial charge in [-0.1, -0.05) is 18.2 Å². The number of methoxy groups -OCH3 is 1. The Morgan fingerprint density at radius 2 is 1.67 bits per heavy atom. The molecule has 0 saturated heterocycles. The SMILES string of the molecule is COc1ccccc1-c1ccncc1N(CC(F)(F)F)C(=O)c1cc(C(F)(F)F)cc(S(C)(=O)=O)c1. The van der Waals surface area contributed by atoms with Crippen molar-refractivity contribution in [1.29, 1.82) is 0 Å². The second kappa shape index (κ2) is 9.80. The average molecular weight is 532 g/mol. The first-order chi connectivity index (χ1) is 16.6. The Balaban J connectivity index is 2.26. The Hall–Kier alpha value is -3.61. The van der Waals surface area contributed by atoms with E-state index in [0.29, 0.717) is 30.0 Å². The number of carbonyl (C=O) groups excluding carboxylic acids is 1. The second-order valence-electron chi connectivity index (χ2n) is 7.62. The second-order valence-corrected chi connectivity index (χ2v) is 9.63. The van der Waals surface area contributed by atoms with Gasteiger partial charge in [-0.25, -0.2) is 8.42 Å². The molecule has 3 rings (SSSR count). The van der Waals surface area contributed by atoms with Gasteiger partial charge in [0.25, 0.3) is 5.91 Å². The summed E-state index contributed by atoms with van der Waals surface area (Å²) in [5.41, 5.74) is -2.41. The minimum absolute atomic E-state index is 0.0790. The number of ether oxygens (including phenoxy) is 1. The lowest BCUT2D eigenvalue weighted by atomic mass is 10.0. The van der Waals surface area contributed by atoms with Crippen LogP contribution in [0.15, 0.2) is 65.8 Å². The van der Waals surface area contributed by atoms with Gasteiger partial charge in [0.2, 0.25) is 0 Å². The Labute approximate surface area is 202 Å². The van der Waals surface area contributed by atoms with Gasteiger partial charge in [-0.15, -0.1) is 0 Å². The molecule has 0 fully saturated rings. The first kappa shape index (κ1) is 27.0. The summed E-state index contributed by atoms with van der Waals surface area (Å²) in [7, 11) is -2.92. The van der Waals surface area contributed by atoms with E-state index < -0.39 is 50.7 Å². The van der Waals surface area contributed by atoms with Gasteiger partial charge in [0.1, 0.15) is 12.3 Å². The van der Waals surface area contributed by atoms with Crippen LogP contribution in [0.25, 0.3) is 11.1 Å². The number of alkyl halides is 6. The van der Waals surface area contributed by atoms with Crippen molar-refractivity contribution in [2.24, 2.45) is 0 Å². The van der Waals surface area contributed by atoms with E-state index in [4.69, 9.17) is 4.74 Å². The molecule has 0 unspecified atom stereocenters. The van der Waals surface area contributed by atoms with Crippen molar-refractivity contribution in [3.8, 4) is 16.9 Å². The van der Waals surface area contributed by atoms with Crippen molar-refractivity contribution in [1.82, 2.24) is 4.98 Å². The summed E-state index contributed by atoms with van der Waals surface area (Å²) in [4.78, 5) is 16.4. The fraction of sp³-hybridized carbons (Fsp3) is 0.217. The van der Waals surface area contributed by atoms with Crippen LogP contribution in [0.5, 0.6) is 5.75 Å². The fourth-order valence-electron chi connectivity index (χ4n) is 3.40. The van der Waals surface area contributed by atoms with Crippen LogP contribution in [-0.4, -0.2) is 45.4 Å². The lowest BCUT2D eigenvalue weighted by Crippen LogP contribution is -2.39. The number of nitrogens with zero attached hydrogens (tertiary/aromatic N) is 2. The zero-order valence-corrected chi connectivity index (χ0v) is 19.5. The largest absolute Gasteiger partial charge is 0.496 e. The van der Waals surface area contributed by atoms with E-state index in [0.717, 1.165) is 6.20 Å². The fourth-order valence-corrected chi connectivity index (χ4v) is 4.08. The number of carbonyl (C=O) groups is 1. The van der Waals surface area contributed by atoms with E-state index in [2.05, 4.69) is 4.98 Å². The first-order valence-corrected chi connectivity index (χ1v) is 11.9.